The minimum Gasteiger partial charge on any atom is -0.398 e. The molecule has 0 aliphatic heterocycles. The van der Waals surface area contributed by atoms with Crippen molar-refractivity contribution >= 4 is 17.1 Å². The number of aryl methyl sites for hydroxylation is 1. The summed E-state index contributed by atoms with van der Waals surface area (Å²) in [5, 5.41) is 0. The molecule has 0 bridgehead atoms. The standard InChI is InChI=1S/C16H20N2/c1-4-18(14-10-8-12(2)9-11-14)16-7-5-6-15(17)13(16)3/h5-11H,4,17H2,1-3H3. The van der Waals surface area contributed by atoms with E-state index in [0.29, 0.717) is 0 Å². The summed E-state index contributed by atoms with van der Waals surface area (Å²) in [6.45, 7) is 7.25. The summed E-state index contributed by atoms with van der Waals surface area (Å²) < 4.78 is 0. The summed E-state index contributed by atoms with van der Waals surface area (Å²) in [5.74, 6) is 0. The largest absolute Gasteiger partial charge is 0.398 e. The molecule has 2 nitrogen and oxygen atoms in total. The molecule has 94 valence electrons. The smallest absolute Gasteiger partial charge is 0.0461 e. The van der Waals surface area contributed by atoms with Crippen LogP contribution in [0.5, 0.6) is 0 Å². The summed E-state index contributed by atoms with van der Waals surface area (Å²) >= 11 is 0. The molecular weight excluding hydrogens is 220 g/mol. The number of benzene rings is 2. The SMILES string of the molecule is CCN(c1ccc(C)cc1)c1cccc(N)c1C. The van der Waals surface area contributed by atoms with Gasteiger partial charge in [-0.2, -0.15) is 0 Å². The van der Waals surface area contributed by atoms with Crippen molar-refractivity contribution in [2.24, 2.45) is 0 Å². The van der Waals surface area contributed by atoms with Gasteiger partial charge in [0.25, 0.3) is 0 Å². The Labute approximate surface area is 109 Å². The van der Waals surface area contributed by atoms with Crippen LogP contribution in [0.3, 0.4) is 0 Å². The molecule has 0 aliphatic carbocycles. The van der Waals surface area contributed by atoms with Crippen molar-refractivity contribution in [1.82, 2.24) is 0 Å². The van der Waals surface area contributed by atoms with Gasteiger partial charge in [-0.15, -0.1) is 0 Å². The number of rotatable bonds is 3. The lowest BCUT2D eigenvalue weighted by molar-refractivity contribution is 1.02. The van der Waals surface area contributed by atoms with Crippen molar-refractivity contribution in [3.05, 3.63) is 53.6 Å². The van der Waals surface area contributed by atoms with E-state index in [1.54, 1.807) is 0 Å². The van der Waals surface area contributed by atoms with E-state index in [4.69, 9.17) is 5.73 Å². The van der Waals surface area contributed by atoms with E-state index < -0.39 is 0 Å². The molecule has 2 heteroatoms. The van der Waals surface area contributed by atoms with Crippen LogP contribution >= 0.6 is 0 Å². The third-order valence-corrected chi connectivity index (χ3v) is 3.30. The molecular formula is C16H20N2. The number of hydrogen-bond acceptors (Lipinski definition) is 2. The second-order valence-electron chi connectivity index (χ2n) is 4.57. The van der Waals surface area contributed by atoms with E-state index in [0.717, 1.165) is 17.8 Å². The van der Waals surface area contributed by atoms with Gasteiger partial charge in [0.1, 0.15) is 0 Å². The molecule has 0 atom stereocenters. The second-order valence-corrected chi connectivity index (χ2v) is 4.57. The van der Waals surface area contributed by atoms with E-state index in [1.807, 2.05) is 12.1 Å². The average molecular weight is 240 g/mol. The Morgan fingerprint density at radius 2 is 1.67 bits per heavy atom. The predicted octanol–water partition coefficient (Wildman–Crippen LogP) is 4.04. The lowest BCUT2D eigenvalue weighted by atomic mass is 10.1. The monoisotopic (exact) mass is 240 g/mol. The molecule has 0 saturated heterocycles. The van der Waals surface area contributed by atoms with Gasteiger partial charge in [-0.05, 0) is 50.6 Å². The number of nitrogens with two attached hydrogens (primary N) is 1. The predicted molar refractivity (Wildman–Crippen MR) is 79.5 cm³/mol. The minimum absolute atomic E-state index is 0.845. The topological polar surface area (TPSA) is 29.3 Å². The molecule has 0 aromatic heterocycles. The highest BCUT2D eigenvalue weighted by molar-refractivity contribution is 5.71. The molecule has 0 heterocycles. The molecule has 0 fully saturated rings. The van der Waals surface area contributed by atoms with Gasteiger partial charge >= 0.3 is 0 Å². The molecule has 0 saturated carbocycles. The van der Waals surface area contributed by atoms with E-state index in [-0.39, 0.29) is 0 Å². The molecule has 2 rings (SSSR count). The summed E-state index contributed by atoms with van der Waals surface area (Å²) in [6.07, 6.45) is 0. The summed E-state index contributed by atoms with van der Waals surface area (Å²) in [6, 6.07) is 14.7. The van der Waals surface area contributed by atoms with Crippen LogP contribution in [0.1, 0.15) is 18.1 Å². The summed E-state index contributed by atoms with van der Waals surface area (Å²) in [7, 11) is 0. The van der Waals surface area contributed by atoms with Gasteiger partial charge in [0.2, 0.25) is 0 Å². The maximum atomic E-state index is 5.99. The lowest BCUT2D eigenvalue weighted by Crippen LogP contribution is -2.17. The van der Waals surface area contributed by atoms with E-state index in [1.165, 1.54) is 16.9 Å². The highest BCUT2D eigenvalue weighted by Gasteiger charge is 2.10. The number of nitrogen functional groups attached to an aromatic ring is 1. The van der Waals surface area contributed by atoms with Gasteiger partial charge < -0.3 is 10.6 Å². The van der Waals surface area contributed by atoms with E-state index in [2.05, 4.69) is 56.0 Å². The highest BCUT2D eigenvalue weighted by Crippen LogP contribution is 2.30. The van der Waals surface area contributed by atoms with Crippen molar-refractivity contribution in [3.63, 3.8) is 0 Å². The van der Waals surface area contributed by atoms with Crippen molar-refractivity contribution in [2.75, 3.05) is 17.2 Å². The van der Waals surface area contributed by atoms with Crippen LogP contribution in [0.25, 0.3) is 0 Å². The molecule has 18 heavy (non-hydrogen) atoms. The van der Waals surface area contributed by atoms with Gasteiger partial charge in [0, 0.05) is 23.6 Å². The molecule has 0 amide bonds. The zero-order chi connectivity index (χ0) is 13.1. The fraction of sp³-hybridized carbons (Fsp3) is 0.250. The van der Waals surface area contributed by atoms with Crippen molar-refractivity contribution in [2.45, 2.75) is 20.8 Å². The fourth-order valence-electron chi connectivity index (χ4n) is 2.15. The van der Waals surface area contributed by atoms with Crippen LogP contribution in [-0.2, 0) is 0 Å². The number of anilines is 3. The first-order valence-electron chi connectivity index (χ1n) is 6.32. The number of nitrogens with zero attached hydrogens (tertiary/aromatic N) is 1. The molecule has 2 aromatic carbocycles. The molecule has 0 unspecified atom stereocenters. The molecule has 0 spiro atoms. The molecule has 2 aromatic rings. The molecule has 2 N–H and O–H groups in total. The van der Waals surface area contributed by atoms with Crippen LogP contribution in [-0.4, -0.2) is 6.54 Å². The maximum Gasteiger partial charge on any atom is 0.0461 e. The third kappa shape index (κ3) is 2.33. The maximum absolute atomic E-state index is 5.99. The quantitative estimate of drug-likeness (QED) is 0.820. The van der Waals surface area contributed by atoms with Crippen LogP contribution in [0.2, 0.25) is 0 Å². The Hall–Kier alpha value is -1.96. The molecule has 0 aliphatic rings. The Bertz CT molecular complexity index is 529. The second kappa shape index (κ2) is 5.13. The first-order valence-corrected chi connectivity index (χ1v) is 6.32. The normalized spacial score (nSPS) is 10.4. The van der Waals surface area contributed by atoms with Crippen LogP contribution in [0, 0.1) is 13.8 Å². The average Bonchev–Trinajstić information content (AvgIpc) is 2.37. The number of hydrogen-bond donors (Lipinski definition) is 1. The Balaban J connectivity index is 2.45. The van der Waals surface area contributed by atoms with Crippen LogP contribution in [0.15, 0.2) is 42.5 Å². The minimum atomic E-state index is 0.845. The lowest BCUT2D eigenvalue weighted by Gasteiger charge is -2.25. The third-order valence-electron chi connectivity index (χ3n) is 3.30. The van der Waals surface area contributed by atoms with E-state index >= 15 is 0 Å². The highest BCUT2D eigenvalue weighted by atomic mass is 15.1. The van der Waals surface area contributed by atoms with Gasteiger partial charge in [-0.25, -0.2) is 0 Å². The van der Waals surface area contributed by atoms with E-state index in [9.17, 15) is 0 Å². The van der Waals surface area contributed by atoms with Gasteiger partial charge in [-0.1, -0.05) is 23.8 Å². The van der Waals surface area contributed by atoms with Crippen LogP contribution in [0.4, 0.5) is 17.1 Å². The Morgan fingerprint density at radius 1 is 1.00 bits per heavy atom. The zero-order valence-corrected chi connectivity index (χ0v) is 11.3. The van der Waals surface area contributed by atoms with Gasteiger partial charge in [0.05, 0.1) is 0 Å². The van der Waals surface area contributed by atoms with Crippen molar-refractivity contribution < 1.29 is 0 Å². The van der Waals surface area contributed by atoms with Crippen molar-refractivity contribution in [1.29, 1.82) is 0 Å². The first-order chi connectivity index (χ1) is 8.63. The summed E-state index contributed by atoms with van der Waals surface area (Å²) in [4.78, 5) is 2.28. The zero-order valence-electron chi connectivity index (χ0n) is 11.3. The Kier molecular flexibility index (Phi) is 3.56. The first kappa shape index (κ1) is 12.5. The molecule has 0 radical (unpaired) electrons. The fourth-order valence-corrected chi connectivity index (χ4v) is 2.15. The van der Waals surface area contributed by atoms with Gasteiger partial charge in [-0.3, -0.25) is 0 Å². The summed E-state index contributed by atoms with van der Waals surface area (Å²) in [5.41, 5.74) is 11.6. The van der Waals surface area contributed by atoms with Crippen molar-refractivity contribution in [3.8, 4) is 0 Å². The Morgan fingerprint density at radius 3 is 2.28 bits per heavy atom. The van der Waals surface area contributed by atoms with Crippen LogP contribution < -0.4 is 10.6 Å². The van der Waals surface area contributed by atoms with Gasteiger partial charge in [0.15, 0.2) is 0 Å².